The van der Waals surface area contributed by atoms with Crippen LogP contribution in [0.25, 0.3) is 11.4 Å². The van der Waals surface area contributed by atoms with Crippen LogP contribution in [0.2, 0.25) is 0 Å². The van der Waals surface area contributed by atoms with Gasteiger partial charge >= 0.3 is 5.97 Å². The molecule has 2 rings (SSSR count). The van der Waals surface area contributed by atoms with Crippen molar-refractivity contribution in [3.63, 3.8) is 0 Å². The van der Waals surface area contributed by atoms with Gasteiger partial charge in [-0.2, -0.15) is 0 Å². The summed E-state index contributed by atoms with van der Waals surface area (Å²) in [6.45, 7) is 0. The number of nitrogens with two attached hydrogens (primary N) is 1. The highest BCUT2D eigenvalue weighted by Gasteiger charge is 2.14. The number of aromatic nitrogens is 3. The van der Waals surface area contributed by atoms with Crippen molar-refractivity contribution in [2.45, 2.75) is 5.16 Å². The first-order valence-corrected chi connectivity index (χ1v) is 5.98. The van der Waals surface area contributed by atoms with Gasteiger partial charge < -0.3 is 10.9 Å². The SMILES string of the molecule is Nn1c(SCC(=O)O)nnc1-c1ccc(F)c(F)c1. The lowest BCUT2D eigenvalue weighted by atomic mass is 10.2. The average Bonchev–Trinajstić information content (AvgIpc) is 2.72. The normalized spacial score (nSPS) is 10.6. The molecule has 3 N–H and O–H groups in total. The van der Waals surface area contributed by atoms with Crippen LogP contribution < -0.4 is 5.84 Å². The third-order valence-electron chi connectivity index (χ3n) is 2.17. The summed E-state index contributed by atoms with van der Waals surface area (Å²) in [6.07, 6.45) is 0. The molecule has 0 saturated carbocycles. The lowest BCUT2D eigenvalue weighted by Crippen LogP contribution is -2.12. The fraction of sp³-hybridized carbons (Fsp3) is 0.100. The first-order valence-electron chi connectivity index (χ1n) is 4.99. The van der Waals surface area contributed by atoms with E-state index < -0.39 is 17.6 Å². The maximum absolute atomic E-state index is 13.1. The molecule has 1 heterocycles. The predicted molar refractivity (Wildman–Crippen MR) is 63.9 cm³/mol. The molecule has 0 radical (unpaired) electrons. The highest BCUT2D eigenvalue weighted by atomic mass is 32.2. The largest absolute Gasteiger partial charge is 0.481 e. The van der Waals surface area contributed by atoms with Gasteiger partial charge in [0.15, 0.2) is 17.5 Å². The van der Waals surface area contributed by atoms with Crippen molar-refractivity contribution in [1.82, 2.24) is 14.9 Å². The Hall–Kier alpha value is -2.16. The summed E-state index contributed by atoms with van der Waals surface area (Å²) < 4.78 is 26.9. The zero-order valence-electron chi connectivity index (χ0n) is 9.38. The summed E-state index contributed by atoms with van der Waals surface area (Å²) in [4.78, 5) is 10.4. The van der Waals surface area contributed by atoms with Crippen molar-refractivity contribution >= 4 is 17.7 Å². The molecule has 0 fully saturated rings. The lowest BCUT2D eigenvalue weighted by Gasteiger charge is -2.03. The number of halogens is 2. The van der Waals surface area contributed by atoms with Crippen LogP contribution >= 0.6 is 11.8 Å². The van der Waals surface area contributed by atoms with Crippen molar-refractivity contribution in [2.24, 2.45) is 0 Å². The monoisotopic (exact) mass is 286 g/mol. The molecule has 0 aliphatic carbocycles. The second-order valence-electron chi connectivity index (χ2n) is 3.49. The van der Waals surface area contributed by atoms with E-state index in [2.05, 4.69) is 10.2 Å². The minimum Gasteiger partial charge on any atom is -0.481 e. The number of thioether (sulfide) groups is 1. The predicted octanol–water partition coefficient (Wildman–Crippen LogP) is 1.11. The summed E-state index contributed by atoms with van der Waals surface area (Å²) in [5.41, 5.74) is 0.246. The van der Waals surface area contributed by atoms with Crippen LogP contribution in [0.4, 0.5) is 8.78 Å². The summed E-state index contributed by atoms with van der Waals surface area (Å²) in [7, 11) is 0. The summed E-state index contributed by atoms with van der Waals surface area (Å²) in [5.74, 6) is 2.53. The number of carboxylic acid groups (broad SMARTS) is 1. The third kappa shape index (κ3) is 2.81. The number of rotatable bonds is 4. The molecule has 0 aliphatic heterocycles. The quantitative estimate of drug-likeness (QED) is 0.646. The van der Waals surface area contributed by atoms with Crippen LogP contribution in [0.15, 0.2) is 23.4 Å². The lowest BCUT2D eigenvalue weighted by molar-refractivity contribution is -0.133. The summed E-state index contributed by atoms with van der Waals surface area (Å²) in [5, 5.41) is 16.1. The first kappa shape index (κ1) is 13.3. The topological polar surface area (TPSA) is 94.0 Å². The number of carboxylic acids is 1. The van der Waals surface area contributed by atoms with Gasteiger partial charge in [0.25, 0.3) is 0 Å². The fourth-order valence-corrected chi connectivity index (χ4v) is 1.91. The first-order chi connectivity index (χ1) is 8.99. The second kappa shape index (κ2) is 5.22. The van der Waals surface area contributed by atoms with Gasteiger partial charge in [-0.05, 0) is 18.2 Å². The van der Waals surface area contributed by atoms with E-state index >= 15 is 0 Å². The van der Waals surface area contributed by atoms with Gasteiger partial charge in [0.1, 0.15) is 0 Å². The van der Waals surface area contributed by atoms with Crippen molar-refractivity contribution < 1.29 is 18.7 Å². The molecule has 0 bridgehead atoms. The van der Waals surface area contributed by atoms with E-state index in [0.29, 0.717) is 0 Å². The van der Waals surface area contributed by atoms with Crippen molar-refractivity contribution in [3.05, 3.63) is 29.8 Å². The number of benzene rings is 1. The molecule has 1 aromatic heterocycles. The maximum Gasteiger partial charge on any atom is 0.313 e. The van der Waals surface area contributed by atoms with E-state index in [1.807, 2.05) is 0 Å². The standard InChI is InChI=1S/C10H8F2N4O2S/c11-6-2-1-5(3-7(6)12)9-14-15-10(16(9)13)19-4-8(17)18/h1-3H,4,13H2,(H,17,18). The Kier molecular flexibility index (Phi) is 3.65. The van der Waals surface area contributed by atoms with Crippen LogP contribution in [-0.2, 0) is 4.79 Å². The molecule has 6 nitrogen and oxygen atoms in total. The molecular weight excluding hydrogens is 278 g/mol. The van der Waals surface area contributed by atoms with Gasteiger partial charge in [0.2, 0.25) is 5.16 Å². The molecule has 0 amide bonds. The Morgan fingerprint density at radius 2 is 2.11 bits per heavy atom. The Morgan fingerprint density at radius 3 is 2.74 bits per heavy atom. The maximum atomic E-state index is 13.1. The Morgan fingerprint density at radius 1 is 1.37 bits per heavy atom. The zero-order valence-corrected chi connectivity index (χ0v) is 10.2. The molecule has 2 aromatic rings. The van der Waals surface area contributed by atoms with E-state index in [1.54, 1.807) is 0 Å². The molecule has 0 spiro atoms. The van der Waals surface area contributed by atoms with Crippen LogP contribution in [0, 0.1) is 11.6 Å². The van der Waals surface area contributed by atoms with Crippen LogP contribution in [0.3, 0.4) is 0 Å². The van der Waals surface area contributed by atoms with Gasteiger partial charge in [0, 0.05) is 5.56 Å². The summed E-state index contributed by atoms with van der Waals surface area (Å²) in [6, 6.07) is 3.19. The van der Waals surface area contributed by atoms with Crippen LogP contribution in [0.5, 0.6) is 0 Å². The molecule has 19 heavy (non-hydrogen) atoms. The molecular formula is C10H8F2N4O2S. The second-order valence-corrected chi connectivity index (χ2v) is 4.43. The minimum atomic E-state index is -1.03. The average molecular weight is 286 g/mol. The number of carbonyl (C=O) groups is 1. The van der Waals surface area contributed by atoms with Crippen molar-refractivity contribution in [3.8, 4) is 11.4 Å². The number of aliphatic carboxylic acids is 1. The van der Waals surface area contributed by atoms with E-state index in [0.717, 1.165) is 28.6 Å². The Labute approximate surface area is 110 Å². The van der Waals surface area contributed by atoms with Gasteiger partial charge in [-0.15, -0.1) is 10.2 Å². The van der Waals surface area contributed by atoms with Crippen molar-refractivity contribution in [2.75, 3.05) is 11.6 Å². The number of nitrogen functional groups attached to an aromatic ring is 1. The van der Waals surface area contributed by atoms with Gasteiger partial charge in [-0.3, -0.25) is 4.79 Å². The van der Waals surface area contributed by atoms with Gasteiger partial charge in [-0.1, -0.05) is 11.8 Å². The molecule has 100 valence electrons. The Bertz CT molecular complexity index is 632. The van der Waals surface area contributed by atoms with Gasteiger partial charge in [-0.25, -0.2) is 13.5 Å². The van der Waals surface area contributed by atoms with E-state index in [4.69, 9.17) is 10.9 Å². The minimum absolute atomic E-state index is 0.117. The highest BCUT2D eigenvalue weighted by Crippen LogP contribution is 2.22. The summed E-state index contributed by atoms with van der Waals surface area (Å²) >= 11 is 0.875. The molecule has 0 unspecified atom stereocenters. The van der Waals surface area contributed by atoms with Gasteiger partial charge in [0.05, 0.1) is 5.75 Å². The number of nitrogens with zero attached hydrogens (tertiary/aromatic N) is 3. The smallest absolute Gasteiger partial charge is 0.313 e. The van der Waals surface area contributed by atoms with Crippen molar-refractivity contribution in [1.29, 1.82) is 0 Å². The van der Waals surface area contributed by atoms with E-state index in [1.165, 1.54) is 6.07 Å². The third-order valence-corrected chi connectivity index (χ3v) is 3.09. The number of hydrogen-bond acceptors (Lipinski definition) is 5. The fourth-order valence-electron chi connectivity index (χ4n) is 1.33. The highest BCUT2D eigenvalue weighted by molar-refractivity contribution is 7.99. The molecule has 0 atom stereocenters. The van der Waals surface area contributed by atoms with E-state index in [9.17, 15) is 13.6 Å². The van der Waals surface area contributed by atoms with E-state index in [-0.39, 0.29) is 22.3 Å². The van der Waals surface area contributed by atoms with Crippen LogP contribution in [0.1, 0.15) is 0 Å². The Balaban J connectivity index is 2.30. The molecule has 0 saturated heterocycles. The van der Waals surface area contributed by atoms with Crippen LogP contribution in [-0.4, -0.2) is 31.7 Å². The number of hydrogen-bond donors (Lipinski definition) is 2. The molecule has 1 aromatic carbocycles. The molecule has 9 heteroatoms. The zero-order chi connectivity index (χ0) is 14.0. The molecule has 0 aliphatic rings.